The molecular formula is C37H51N5O6S. The minimum atomic E-state index is -0.961. The van der Waals surface area contributed by atoms with E-state index in [-0.39, 0.29) is 35.9 Å². The van der Waals surface area contributed by atoms with Gasteiger partial charge in [0.25, 0.3) is 0 Å². The van der Waals surface area contributed by atoms with Crippen LogP contribution in [-0.4, -0.2) is 83.1 Å². The number of esters is 1. The molecule has 6 rings (SSSR count). The second-order valence-corrected chi connectivity index (χ2v) is 13.5. The van der Waals surface area contributed by atoms with E-state index in [0.717, 1.165) is 53.3 Å². The average molecular weight is 694 g/mol. The first-order valence-electron chi connectivity index (χ1n) is 17.4. The molecule has 0 radical (unpaired) electrons. The maximum absolute atomic E-state index is 12.9. The summed E-state index contributed by atoms with van der Waals surface area (Å²) in [7, 11) is 3.40. The van der Waals surface area contributed by atoms with Crippen LogP contribution < -0.4 is 15.5 Å². The molecule has 3 aliphatic rings. The van der Waals surface area contributed by atoms with Crippen LogP contribution >= 0.6 is 11.3 Å². The molecule has 0 bridgehead atoms. The normalized spacial score (nSPS) is 22.8. The summed E-state index contributed by atoms with van der Waals surface area (Å²) in [6.45, 7) is 11.5. The number of thiazole rings is 1. The second-order valence-electron chi connectivity index (χ2n) is 12.7. The van der Waals surface area contributed by atoms with Gasteiger partial charge in [-0.1, -0.05) is 39.8 Å². The molecule has 3 atom stereocenters. The van der Waals surface area contributed by atoms with Crippen molar-refractivity contribution in [1.82, 2.24) is 25.1 Å². The van der Waals surface area contributed by atoms with Crippen molar-refractivity contribution < 1.29 is 23.9 Å². The molecule has 2 N–H and O–H groups in total. The number of amides is 3. The van der Waals surface area contributed by atoms with Gasteiger partial charge in [-0.25, -0.2) is 14.6 Å². The number of hydrogen-bond acceptors (Lipinski definition) is 8. The Kier molecular flexibility index (Phi) is 13.0. The maximum Gasteiger partial charge on any atom is 0.332 e. The molecule has 3 amide bonds. The summed E-state index contributed by atoms with van der Waals surface area (Å²) in [6.07, 6.45) is 8.91. The van der Waals surface area contributed by atoms with E-state index >= 15 is 0 Å². The minimum absolute atomic E-state index is 0.0114. The third-order valence-electron chi connectivity index (χ3n) is 8.99. The van der Waals surface area contributed by atoms with Crippen LogP contribution in [0.4, 0.5) is 4.79 Å². The minimum Gasteiger partial charge on any atom is -0.497 e. The number of carbonyl (C=O) groups is 3. The van der Waals surface area contributed by atoms with Gasteiger partial charge in [-0.15, -0.1) is 11.3 Å². The van der Waals surface area contributed by atoms with Gasteiger partial charge in [-0.3, -0.25) is 9.59 Å². The molecule has 12 heteroatoms. The highest BCUT2D eigenvalue weighted by Gasteiger charge is 2.62. The van der Waals surface area contributed by atoms with Crippen LogP contribution in [0.2, 0.25) is 0 Å². The molecule has 0 unspecified atom stereocenters. The summed E-state index contributed by atoms with van der Waals surface area (Å²) in [5.41, 5.74) is 1.58. The van der Waals surface area contributed by atoms with Crippen molar-refractivity contribution in [2.75, 3.05) is 33.9 Å². The Morgan fingerprint density at radius 3 is 2.59 bits per heavy atom. The molecule has 3 aromatic rings. The predicted molar refractivity (Wildman–Crippen MR) is 194 cm³/mol. The number of aromatic nitrogens is 2. The van der Waals surface area contributed by atoms with Crippen LogP contribution in [0.1, 0.15) is 84.8 Å². The van der Waals surface area contributed by atoms with E-state index in [1.807, 2.05) is 31.4 Å². The number of rotatable bonds is 5. The topological polar surface area (TPSA) is 134 Å². The molecule has 0 spiro atoms. The zero-order valence-corrected chi connectivity index (χ0v) is 30.7. The number of benzene rings is 1. The van der Waals surface area contributed by atoms with Gasteiger partial charge in [0.15, 0.2) is 5.43 Å². The molecule has 4 heterocycles. The summed E-state index contributed by atoms with van der Waals surface area (Å²) in [5, 5.41) is 6.46. The van der Waals surface area contributed by atoms with Gasteiger partial charge in [0.2, 0.25) is 5.91 Å². The Morgan fingerprint density at radius 1 is 1.12 bits per heavy atom. The van der Waals surface area contributed by atoms with Gasteiger partial charge in [-0.2, -0.15) is 0 Å². The van der Waals surface area contributed by atoms with Crippen molar-refractivity contribution in [1.29, 1.82) is 0 Å². The molecule has 2 fully saturated rings. The average Bonchev–Trinajstić information content (AvgIpc) is 3.43. The van der Waals surface area contributed by atoms with Crippen molar-refractivity contribution in [3.63, 3.8) is 0 Å². The molecule has 2 aromatic heterocycles. The van der Waals surface area contributed by atoms with Gasteiger partial charge in [0.1, 0.15) is 22.3 Å². The first-order chi connectivity index (χ1) is 23.6. The number of hydrogen-bond donors (Lipinski definition) is 2. The number of aromatic amines is 1. The molecule has 1 saturated carbocycles. The van der Waals surface area contributed by atoms with E-state index in [1.54, 1.807) is 60.4 Å². The van der Waals surface area contributed by atoms with Crippen LogP contribution in [0, 0.1) is 5.92 Å². The number of nitrogens with zero attached hydrogens (tertiary/aromatic N) is 3. The molecule has 266 valence electrons. The van der Waals surface area contributed by atoms with Gasteiger partial charge in [0, 0.05) is 49.0 Å². The molecule has 49 heavy (non-hydrogen) atoms. The van der Waals surface area contributed by atoms with E-state index < -0.39 is 11.6 Å². The van der Waals surface area contributed by atoms with E-state index in [2.05, 4.69) is 35.2 Å². The molecule has 1 aromatic carbocycles. The monoisotopic (exact) mass is 693 g/mol. The van der Waals surface area contributed by atoms with Crippen molar-refractivity contribution in [2.45, 2.75) is 90.6 Å². The summed E-state index contributed by atoms with van der Waals surface area (Å²) < 4.78 is 10.4. The molecule has 2 aliphatic heterocycles. The Bertz CT molecular complexity index is 1700. The zero-order valence-electron chi connectivity index (χ0n) is 29.8. The Balaban J connectivity index is 0.000000214. The SMILES string of the molecule is CC.CCOC(=O)[C@@]12C[C@H]1/C=C\CCCCN(C)C(=O)N1CCC[C@H]1C(=O)N2.COc1ccc2c(=O)cc(-c3nc(C(C)C)cs3)[nH]c2c1. The fraction of sp³-hybridized carbons (Fsp3) is 0.541. The highest BCUT2D eigenvalue weighted by Crippen LogP contribution is 2.46. The maximum atomic E-state index is 12.9. The third kappa shape index (κ3) is 8.70. The first kappa shape index (κ1) is 37.6. The number of ether oxygens (including phenoxy) is 2. The smallest absolute Gasteiger partial charge is 0.332 e. The van der Waals surface area contributed by atoms with E-state index in [9.17, 15) is 19.2 Å². The Morgan fingerprint density at radius 2 is 1.90 bits per heavy atom. The summed E-state index contributed by atoms with van der Waals surface area (Å²) >= 11 is 1.55. The predicted octanol–water partition coefficient (Wildman–Crippen LogP) is 6.49. The van der Waals surface area contributed by atoms with Crippen molar-refractivity contribution in [3.8, 4) is 16.5 Å². The van der Waals surface area contributed by atoms with Gasteiger partial charge >= 0.3 is 12.0 Å². The summed E-state index contributed by atoms with van der Waals surface area (Å²) in [4.78, 5) is 61.6. The van der Waals surface area contributed by atoms with E-state index in [4.69, 9.17) is 9.47 Å². The molecule has 11 nitrogen and oxygen atoms in total. The van der Waals surface area contributed by atoms with Crippen molar-refractivity contribution in [2.24, 2.45) is 5.92 Å². The third-order valence-corrected chi connectivity index (χ3v) is 9.89. The quantitative estimate of drug-likeness (QED) is 0.231. The fourth-order valence-corrected chi connectivity index (χ4v) is 7.07. The van der Waals surface area contributed by atoms with Crippen LogP contribution in [0.15, 0.2) is 46.6 Å². The second kappa shape index (κ2) is 17.0. The van der Waals surface area contributed by atoms with Crippen molar-refractivity contribution >= 4 is 40.1 Å². The summed E-state index contributed by atoms with van der Waals surface area (Å²) in [6, 6.07) is 6.39. The zero-order chi connectivity index (χ0) is 35.7. The van der Waals surface area contributed by atoms with Crippen LogP contribution in [0.5, 0.6) is 5.75 Å². The van der Waals surface area contributed by atoms with E-state index in [0.29, 0.717) is 37.2 Å². The largest absolute Gasteiger partial charge is 0.497 e. The lowest BCUT2D eigenvalue weighted by molar-refractivity contribution is -0.149. The van der Waals surface area contributed by atoms with Crippen LogP contribution in [0.3, 0.4) is 0 Å². The van der Waals surface area contributed by atoms with Crippen LogP contribution in [-0.2, 0) is 14.3 Å². The van der Waals surface area contributed by atoms with Gasteiger partial charge < -0.3 is 29.6 Å². The highest BCUT2D eigenvalue weighted by molar-refractivity contribution is 7.13. The number of pyridine rings is 1. The fourth-order valence-electron chi connectivity index (χ4n) is 6.12. The highest BCUT2D eigenvalue weighted by atomic mass is 32.1. The number of carbonyl (C=O) groups excluding carboxylic acids is 3. The standard InChI is InChI=1S/C19H29N3O4.C16H16N2O2S.C2H6/c1-3-26-17(24)19-13-14(19)9-6-4-5-7-11-21(2)18(25)22-12-8-10-15(22)16(23)20-19;1-9(2)14-8-21-16(18-14)13-7-15(19)11-5-4-10(20-3)6-12(11)17-13;1-2/h6,9,14-15H,3-5,7-8,10-13H2,1-2H3,(H,20,23);4-9H,1-3H3,(H,17,19);1-2H3/b9-6-;;/t14-,15+,19-;;/m1../s1. The molecule has 1 saturated heterocycles. The lowest BCUT2D eigenvalue weighted by Gasteiger charge is -2.30. The van der Waals surface area contributed by atoms with Gasteiger partial charge in [0.05, 0.1) is 30.6 Å². The Labute approximate surface area is 293 Å². The lowest BCUT2D eigenvalue weighted by atomic mass is 10.1. The number of urea groups is 1. The molecule has 1 aliphatic carbocycles. The first-order valence-corrected chi connectivity index (χ1v) is 18.3. The summed E-state index contributed by atoms with van der Waals surface area (Å²) in [5.74, 6) is 0.453. The number of fused-ring (bicyclic) bond motifs is 3. The van der Waals surface area contributed by atoms with Gasteiger partial charge in [-0.05, 0) is 63.5 Å². The van der Waals surface area contributed by atoms with Crippen LogP contribution in [0.25, 0.3) is 21.6 Å². The molecular weight excluding hydrogens is 643 g/mol. The number of methoxy groups -OCH3 is 1. The number of nitrogens with one attached hydrogen (secondary N) is 2. The lowest BCUT2D eigenvalue weighted by Crippen LogP contribution is -2.55. The number of allylic oxidation sites excluding steroid dienone is 1. The van der Waals surface area contributed by atoms with Crippen molar-refractivity contribution in [3.05, 3.63) is 57.7 Å². The van der Waals surface area contributed by atoms with E-state index in [1.165, 1.54) is 0 Å². The Hall–Kier alpha value is -4.19. The number of H-pyrrole nitrogens is 1.